The first-order valence-electron chi connectivity index (χ1n) is 5.44. The van der Waals surface area contributed by atoms with Gasteiger partial charge in [-0.15, -0.1) is 0 Å². The number of hydrogen-bond acceptors (Lipinski definition) is 4. The number of nitrogens with zero attached hydrogens (tertiary/aromatic N) is 2. The number of carbonyl (C=O) groups excluding carboxylic acids is 1. The summed E-state index contributed by atoms with van der Waals surface area (Å²) in [7, 11) is 1.37. The summed E-state index contributed by atoms with van der Waals surface area (Å²) < 4.78 is 30.7. The SMILES string of the molecule is COc1nccnc1C(=O)Cc1ccc(F)c(F)c1. The summed E-state index contributed by atoms with van der Waals surface area (Å²) in [6, 6.07) is 3.31. The molecule has 0 atom stereocenters. The number of benzene rings is 1. The van der Waals surface area contributed by atoms with Gasteiger partial charge >= 0.3 is 0 Å². The Kier molecular flexibility index (Phi) is 3.79. The molecule has 0 saturated heterocycles. The molecule has 0 radical (unpaired) electrons. The lowest BCUT2D eigenvalue weighted by atomic mass is 10.1. The van der Waals surface area contributed by atoms with Crippen molar-refractivity contribution >= 4 is 5.78 Å². The average molecular weight is 264 g/mol. The van der Waals surface area contributed by atoms with Crippen molar-refractivity contribution in [2.45, 2.75) is 6.42 Å². The van der Waals surface area contributed by atoms with Crippen molar-refractivity contribution in [3.8, 4) is 5.88 Å². The first kappa shape index (κ1) is 13.1. The summed E-state index contributed by atoms with van der Waals surface area (Å²) in [5.74, 6) is -2.21. The van der Waals surface area contributed by atoms with Gasteiger partial charge in [0.2, 0.25) is 5.88 Å². The second kappa shape index (κ2) is 5.51. The van der Waals surface area contributed by atoms with Gasteiger partial charge in [-0.2, -0.15) is 0 Å². The molecule has 2 rings (SSSR count). The monoisotopic (exact) mass is 264 g/mol. The van der Waals surface area contributed by atoms with Crippen molar-refractivity contribution in [1.82, 2.24) is 9.97 Å². The van der Waals surface area contributed by atoms with Gasteiger partial charge < -0.3 is 4.74 Å². The summed E-state index contributed by atoms with van der Waals surface area (Å²) in [6.45, 7) is 0. The number of Topliss-reactive ketones (excluding diaryl/α,β-unsaturated/α-hetero) is 1. The lowest BCUT2D eigenvalue weighted by molar-refractivity contribution is 0.0984. The number of hydrogen-bond donors (Lipinski definition) is 0. The number of rotatable bonds is 4. The fraction of sp³-hybridized carbons (Fsp3) is 0.154. The second-order valence-corrected chi connectivity index (χ2v) is 3.76. The zero-order chi connectivity index (χ0) is 13.8. The van der Waals surface area contributed by atoms with E-state index < -0.39 is 11.6 Å². The Hall–Kier alpha value is -2.37. The number of carbonyl (C=O) groups is 1. The molecule has 0 saturated carbocycles. The van der Waals surface area contributed by atoms with E-state index in [2.05, 4.69) is 9.97 Å². The molecular formula is C13H10F2N2O2. The number of ketones is 1. The van der Waals surface area contributed by atoms with Crippen LogP contribution in [0.5, 0.6) is 5.88 Å². The van der Waals surface area contributed by atoms with Crippen LogP contribution in [0.15, 0.2) is 30.6 Å². The van der Waals surface area contributed by atoms with E-state index in [0.29, 0.717) is 5.56 Å². The number of ether oxygens (including phenoxy) is 1. The molecular weight excluding hydrogens is 254 g/mol. The van der Waals surface area contributed by atoms with Crippen molar-refractivity contribution in [2.75, 3.05) is 7.11 Å². The van der Waals surface area contributed by atoms with Gasteiger partial charge in [-0.3, -0.25) is 4.79 Å². The maximum Gasteiger partial charge on any atom is 0.243 e. The van der Waals surface area contributed by atoms with Crippen molar-refractivity contribution in [2.24, 2.45) is 0 Å². The Labute approximate surface area is 108 Å². The fourth-order valence-electron chi connectivity index (χ4n) is 1.58. The van der Waals surface area contributed by atoms with Crippen LogP contribution in [0.4, 0.5) is 8.78 Å². The molecule has 1 aromatic carbocycles. The lowest BCUT2D eigenvalue weighted by Gasteiger charge is -2.05. The van der Waals surface area contributed by atoms with Crippen molar-refractivity contribution in [3.63, 3.8) is 0 Å². The van der Waals surface area contributed by atoms with E-state index >= 15 is 0 Å². The Morgan fingerprint density at radius 3 is 2.63 bits per heavy atom. The third-order valence-electron chi connectivity index (χ3n) is 2.47. The minimum absolute atomic E-state index is 0.0646. The van der Waals surface area contributed by atoms with E-state index in [9.17, 15) is 13.6 Å². The first-order valence-corrected chi connectivity index (χ1v) is 5.44. The summed E-state index contributed by atoms with van der Waals surface area (Å²) in [5, 5.41) is 0. The van der Waals surface area contributed by atoms with E-state index in [1.165, 1.54) is 25.6 Å². The Bertz CT molecular complexity index is 617. The molecule has 1 heterocycles. The Balaban J connectivity index is 2.23. The Morgan fingerprint density at radius 2 is 1.95 bits per heavy atom. The number of halogens is 2. The van der Waals surface area contributed by atoms with Gasteiger partial charge in [-0.05, 0) is 17.7 Å². The highest BCUT2D eigenvalue weighted by atomic mass is 19.2. The van der Waals surface area contributed by atoms with Crippen LogP contribution in [-0.4, -0.2) is 22.9 Å². The highest BCUT2D eigenvalue weighted by Crippen LogP contribution is 2.15. The van der Waals surface area contributed by atoms with Crippen LogP contribution in [-0.2, 0) is 6.42 Å². The molecule has 0 N–H and O–H groups in total. The molecule has 0 aliphatic rings. The summed E-state index contributed by atoms with van der Waals surface area (Å²) in [4.78, 5) is 19.7. The van der Waals surface area contributed by atoms with Gasteiger partial charge in [0.15, 0.2) is 23.1 Å². The molecule has 2 aromatic rings. The van der Waals surface area contributed by atoms with Crippen LogP contribution in [0, 0.1) is 11.6 Å². The van der Waals surface area contributed by atoms with E-state index in [1.54, 1.807) is 0 Å². The zero-order valence-corrected chi connectivity index (χ0v) is 10.1. The molecule has 0 spiro atoms. The molecule has 4 nitrogen and oxygen atoms in total. The minimum atomic E-state index is -0.989. The quantitative estimate of drug-likeness (QED) is 0.794. The van der Waals surface area contributed by atoms with Crippen LogP contribution in [0.1, 0.15) is 16.1 Å². The molecule has 0 fully saturated rings. The fourth-order valence-corrected chi connectivity index (χ4v) is 1.58. The van der Waals surface area contributed by atoms with Crippen LogP contribution >= 0.6 is 0 Å². The van der Waals surface area contributed by atoms with E-state index in [4.69, 9.17) is 4.74 Å². The second-order valence-electron chi connectivity index (χ2n) is 3.76. The maximum atomic E-state index is 13.0. The number of aromatic nitrogens is 2. The molecule has 0 aliphatic carbocycles. The van der Waals surface area contributed by atoms with Crippen molar-refractivity contribution in [3.05, 3.63) is 53.5 Å². The van der Waals surface area contributed by atoms with E-state index in [0.717, 1.165) is 12.1 Å². The van der Waals surface area contributed by atoms with Crippen molar-refractivity contribution < 1.29 is 18.3 Å². The Morgan fingerprint density at radius 1 is 1.21 bits per heavy atom. The standard InChI is InChI=1S/C13H10F2N2O2/c1-19-13-12(16-4-5-17-13)11(18)7-8-2-3-9(14)10(15)6-8/h2-6H,7H2,1H3. The van der Waals surface area contributed by atoms with E-state index in [-0.39, 0.29) is 23.8 Å². The predicted molar refractivity (Wildman–Crippen MR) is 63.0 cm³/mol. The molecule has 0 unspecified atom stereocenters. The molecule has 19 heavy (non-hydrogen) atoms. The topological polar surface area (TPSA) is 52.1 Å². The molecule has 6 heteroatoms. The van der Waals surface area contributed by atoms with Gasteiger partial charge in [0.05, 0.1) is 7.11 Å². The van der Waals surface area contributed by atoms with Gasteiger partial charge in [-0.25, -0.2) is 18.7 Å². The maximum absolute atomic E-state index is 13.0. The summed E-state index contributed by atoms with van der Waals surface area (Å²) >= 11 is 0. The molecule has 1 aromatic heterocycles. The molecule has 0 bridgehead atoms. The van der Waals surface area contributed by atoms with Crippen LogP contribution in [0.3, 0.4) is 0 Å². The van der Waals surface area contributed by atoms with E-state index in [1.807, 2.05) is 0 Å². The minimum Gasteiger partial charge on any atom is -0.479 e. The summed E-state index contributed by atoms with van der Waals surface area (Å²) in [6.07, 6.45) is 2.65. The van der Waals surface area contributed by atoms with Crippen molar-refractivity contribution in [1.29, 1.82) is 0 Å². The molecule has 98 valence electrons. The smallest absolute Gasteiger partial charge is 0.243 e. The normalized spacial score (nSPS) is 10.3. The largest absolute Gasteiger partial charge is 0.479 e. The number of methoxy groups -OCH3 is 1. The highest BCUT2D eigenvalue weighted by Gasteiger charge is 2.16. The van der Waals surface area contributed by atoms with Crippen LogP contribution in [0.25, 0.3) is 0 Å². The van der Waals surface area contributed by atoms with Gasteiger partial charge in [-0.1, -0.05) is 6.07 Å². The lowest BCUT2D eigenvalue weighted by Crippen LogP contribution is -2.09. The predicted octanol–water partition coefficient (Wildman–Crippen LogP) is 2.19. The average Bonchev–Trinajstić information content (AvgIpc) is 2.43. The summed E-state index contributed by atoms with van der Waals surface area (Å²) in [5.41, 5.74) is 0.423. The molecule has 0 amide bonds. The van der Waals surface area contributed by atoms with Crippen LogP contribution < -0.4 is 4.74 Å². The van der Waals surface area contributed by atoms with Gasteiger partial charge in [0, 0.05) is 18.8 Å². The third kappa shape index (κ3) is 2.90. The molecule has 0 aliphatic heterocycles. The van der Waals surface area contributed by atoms with Crippen LogP contribution in [0.2, 0.25) is 0 Å². The van der Waals surface area contributed by atoms with Gasteiger partial charge in [0.25, 0.3) is 0 Å². The highest BCUT2D eigenvalue weighted by molar-refractivity contribution is 5.97. The first-order chi connectivity index (χ1) is 9.11. The zero-order valence-electron chi connectivity index (χ0n) is 10.1. The van der Waals surface area contributed by atoms with Gasteiger partial charge in [0.1, 0.15) is 0 Å². The third-order valence-corrected chi connectivity index (χ3v) is 2.47.